The molecule has 3 amide bonds. The monoisotopic (exact) mass is 630 g/mol. The lowest BCUT2D eigenvalue weighted by Crippen LogP contribution is -2.71. The van der Waals surface area contributed by atoms with Crippen LogP contribution >= 0.6 is 0 Å². The van der Waals surface area contributed by atoms with Crippen molar-refractivity contribution in [1.82, 2.24) is 16.0 Å². The van der Waals surface area contributed by atoms with E-state index in [1.807, 2.05) is 6.92 Å². The maximum absolute atomic E-state index is 14.1. The number of rotatable bonds is 12. The second kappa shape index (κ2) is 11.9. The molecule has 0 bridgehead atoms. The molecule has 0 spiro atoms. The lowest BCUT2D eigenvalue weighted by Gasteiger charge is -2.46. The van der Waals surface area contributed by atoms with E-state index in [0.717, 1.165) is 25.7 Å². The Hall–Kier alpha value is -3.87. The van der Waals surface area contributed by atoms with Crippen molar-refractivity contribution in [2.45, 2.75) is 93.2 Å². The number of hydrogen-bond donors (Lipinski definition) is 4. The summed E-state index contributed by atoms with van der Waals surface area (Å²) in [7, 11) is -3.85. The van der Waals surface area contributed by atoms with Crippen molar-refractivity contribution in [3.05, 3.63) is 60.2 Å². The Morgan fingerprint density at radius 3 is 2.11 bits per heavy atom. The zero-order chi connectivity index (χ0) is 31.8. The number of carbonyl (C=O) groups is 4. The number of halogens is 2. The van der Waals surface area contributed by atoms with Crippen LogP contribution in [0.3, 0.4) is 0 Å². The minimum atomic E-state index is -3.85. The molecule has 3 saturated carbocycles. The predicted molar refractivity (Wildman–Crippen MR) is 157 cm³/mol. The Kier molecular flexibility index (Phi) is 8.54. The lowest BCUT2D eigenvalue weighted by atomic mass is 9.69. The summed E-state index contributed by atoms with van der Waals surface area (Å²) < 4.78 is 55.9. The van der Waals surface area contributed by atoms with Gasteiger partial charge in [0.2, 0.25) is 11.7 Å². The first-order valence-corrected chi connectivity index (χ1v) is 16.2. The van der Waals surface area contributed by atoms with E-state index in [-0.39, 0.29) is 34.0 Å². The maximum Gasteiger partial charge on any atom is 0.290 e. The third-order valence-corrected chi connectivity index (χ3v) is 10.0. The molecule has 0 saturated heterocycles. The summed E-state index contributed by atoms with van der Waals surface area (Å²) in [6.45, 7) is 1.99. The van der Waals surface area contributed by atoms with Crippen LogP contribution in [0.5, 0.6) is 0 Å². The largest absolute Gasteiger partial charge is 0.347 e. The number of ketones is 1. The Bertz CT molecular complexity index is 1530. The van der Waals surface area contributed by atoms with Crippen molar-refractivity contribution < 1.29 is 36.4 Å². The number of anilines is 1. The number of Topliss-reactive ketones (excluding diaryl/α,β-unsaturated/α-hetero) is 1. The van der Waals surface area contributed by atoms with Crippen LogP contribution in [0.15, 0.2) is 59.5 Å². The molecule has 10 nitrogen and oxygen atoms in total. The number of sulfonamides is 1. The van der Waals surface area contributed by atoms with E-state index < -0.39 is 63.9 Å². The molecule has 2 aromatic rings. The van der Waals surface area contributed by atoms with Gasteiger partial charge in [-0.25, -0.2) is 17.2 Å². The number of hydrogen-bond acceptors (Lipinski definition) is 6. The van der Waals surface area contributed by atoms with Crippen LogP contribution in [0, 0.1) is 5.41 Å². The molecule has 0 radical (unpaired) electrons. The van der Waals surface area contributed by atoms with Gasteiger partial charge in [0.25, 0.3) is 27.8 Å². The molecule has 0 unspecified atom stereocenters. The molecule has 3 fully saturated rings. The fraction of sp³-hybridized carbons (Fsp3) is 0.484. The summed E-state index contributed by atoms with van der Waals surface area (Å²) in [4.78, 5) is 52.5. The van der Waals surface area contributed by atoms with Crippen LogP contribution in [0.4, 0.5) is 14.5 Å². The van der Waals surface area contributed by atoms with Crippen LogP contribution in [-0.2, 0) is 24.4 Å². The first-order valence-electron chi connectivity index (χ1n) is 14.7. The minimum absolute atomic E-state index is 0.0709. The zero-order valence-electron chi connectivity index (χ0n) is 24.3. The van der Waals surface area contributed by atoms with Gasteiger partial charge in [-0.05, 0) is 73.9 Å². The Morgan fingerprint density at radius 2 is 1.55 bits per heavy atom. The third-order valence-electron chi connectivity index (χ3n) is 8.62. The summed E-state index contributed by atoms with van der Waals surface area (Å²) in [5, 5.41) is 7.64. The first-order chi connectivity index (χ1) is 20.7. The summed E-state index contributed by atoms with van der Waals surface area (Å²) in [5.74, 6) is -6.80. The molecule has 2 aromatic carbocycles. The first kappa shape index (κ1) is 31.6. The van der Waals surface area contributed by atoms with Gasteiger partial charge in [-0.1, -0.05) is 38.0 Å². The SMILES string of the molecule is CC1(C[C@H](NC(=O)c2ccc(NS(=O)(=O)c3ccccc3)cc2)C(=O)NC2(C(=O)C(=O)NC3CC3)CC(F)(F)C2)CCCC1. The van der Waals surface area contributed by atoms with Crippen LogP contribution in [0.2, 0.25) is 0 Å². The molecule has 3 aliphatic rings. The van der Waals surface area contributed by atoms with E-state index in [9.17, 15) is 36.4 Å². The maximum atomic E-state index is 14.1. The number of benzene rings is 2. The highest BCUT2D eigenvalue weighted by Gasteiger charge is 2.63. The molecule has 3 aliphatic carbocycles. The molecule has 0 aromatic heterocycles. The fourth-order valence-electron chi connectivity index (χ4n) is 6.04. The molecule has 236 valence electrons. The molecular weight excluding hydrogens is 594 g/mol. The van der Waals surface area contributed by atoms with Gasteiger partial charge in [0.05, 0.1) is 4.90 Å². The summed E-state index contributed by atoms with van der Waals surface area (Å²) >= 11 is 0. The highest BCUT2D eigenvalue weighted by atomic mass is 32.2. The van der Waals surface area contributed by atoms with E-state index >= 15 is 0 Å². The summed E-state index contributed by atoms with van der Waals surface area (Å²) in [6, 6.07) is 12.0. The highest BCUT2D eigenvalue weighted by Crippen LogP contribution is 2.47. The van der Waals surface area contributed by atoms with E-state index in [4.69, 9.17) is 0 Å². The van der Waals surface area contributed by atoms with Gasteiger partial charge in [-0.3, -0.25) is 23.9 Å². The predicted octanol–water partition coefficient (Wildman–Crippen LogP) is 3.69. The van der Waals surface area contributed by atoms with Crippen molar-refractivity contribution in [2.75, 3.05) is 4.72 Å². The highest BCUT2D eigenvalue weighted by molar-refractivity contribution is 7.92. The Morgan fingerprint density at radius 1 is 0.932 bits per heavy atom. The third kappa shape index (κ3) is 7.25. The van der Waals surface area contributed by atoms with Gasteiger partial charge in [0, 0.05) is 30.1 Å². The molecule has 5 rings (SSSR count). The van der Waals surface area contributed by atoms with Gasteiger partial charge < -0.3 is 16.0 Å². The van der Waals surface area contributed by atoms with Crippen molar-refractivity contribution in [3.63, 3.8) is 0 Å². The molecule has 4 N–H and O–H groups in total. The average Bonchev–Trinajstić information content (AvgIpc) is 3.68. The number of amides is 3. The Balaban J connectivity index is 1.31. The zero-order valence-corrected chi connectivity index (χ0v) is 25.1. The molecule has 0 aliphatic heterocycles. The van der Waals surface area contributed by atoms with E-state index in [1.54, 1.807) is 18.2 Å². The van der Waals surface area contributed by atoms with Crippen molar-refractivity contribution in [2.24, 2.45) is 5.41 Å². The Labute approximate surface area is 254 Å². The van der Waals surface area contributed by atoms with Gasteiger partial charge in [0.15, 0.2) is 0 Å². The van der Waals surface area contributed by atoms with Gasteiger partial charge >= 0.3 is 0 Å². The minimum Gasteiger partial charge on any atom is -0.347 e. The van der Waals surface area contributed by atoms with Gasteiger partial charge in [-0.2, -0.15) is 0 Å². The van der Waals surface area contributed by atoms with Crippen molar-refractivity contribution in [3.8, 4) is 0 Å². The normalized spacial score (nSPS) is 20.4. The molecule has 1 atom stereocenters. The van der Waals surface area contributed by atoms with E-state index in [2.05, 4.69) is 20.7 Å². The second-order valence-electron chi connectivity index (χ2n) is 12.6. The molecule has 44 heavy (non-hydrogen) atoms. The topological polar surface area (TPSA) is 151 Å². The van der Waals surface area contributed by atoms with Gasteiger partial charge in [-0.15, -0.1) is 0 Å². The van der Waals surface area contributed by atoms with Crippen molar-refractivity contribution >= 4 is 39.2 Å². The van der Waals surface area contributed by atoms with E-state index in [1.165, 1.54) is 36.4 Å². The van der Waals surface area contributed by atoms with Gasteiger partial charge in [0.1, 0.15) is 11.6 Å². The molecule has 13 heteroatoms. The smallest absolute Gasteiger partial charge is 0.290 e. The van der Waals surface area contributed by atoms with Crippen LogP contribution in [0.25, 0.3) is 0 Å². The van der Waals surface area contributed by atoms with Crippen LogP contribution < -0.4 is 20.7 Å². The standard InChI is InChI=1S/C31H36F2N4O6S/c1-29(15-5-6-16-29)17-24(27(40)36-30(18-31(32,33)19-30)25(38)28(41)34-21-13-14-21)35-26(39)20-9-11-22(12-10-20)37-44(42,43)23-7-3-2-4-8-23/h2-4,7-12,21,24,37H,5-6,13-19H2,1H3,(H,34,41)(H,35,39)(H,36,40)/t24-/m0/s1. The van der Waals surface area contributed by atoms with Crippen molar-refractivity contribution in [1.29, 1.82) is 0 Å². The number of alkyl halides is 2. The number of nitrogens with one attached hydrogen (secondary N) is 4. The number of carbonyl (C=O) groups excluding carboxylic acids is 4. The second-order valence-corrected chi connectivity index (χ2v) is 14.3. The quantitative estimate of drug-likeness (QED) is 0.263. The average molecular weight is 631 g/mol. The lowest BCUT2D eigenvalue weighted by molar-refractivity contribution is -0.168. The molecule has 0 heterocycles. The summed E-state index contributed by atoms with van der Waals surface area (Å²) in [5.41, 5.74) is -2.02. The van der Waals surface area contributed by atoms with Crippen LogP contribution in [0.1, 0.15) is 75.1 Å². The molecular formula is C31H36F2N4O6S. The summed E-state index contributed by atoms with van der Waals surface area (Å²) in [6.07, 6.45) is 3.08. The van der Waals surface area contributed by atoms with Crippen LogP contribution in [-0.4, -0.2) is 55.5 Å². The fourth-order valence-corrected chi connectivity index (χ4v) is 7.12. The van der Waals surface area contributed by atoms with E-state index in [0.29, 0.717) is 12.8 Å².